The van der Waals surface area contributed by atoms with Gasteiger partial charge in [-0.15, -0.1) is 3.89 Å². The van der Waals surface area contributed by atoms with Crippen molar-refractivity contribution in [2.24, 2.45) is 0 Å². The van der Waals surface area contributed by atoms with Crippen molar-refractivity contribution in [3.63, 3.8) is 0 Å². The van der Waals surface area contributed by atoms with Gasteiger partial charge in [0.15, 0.2) is 0 Å². The van der Waals surface area contributed by atoms with Gasteiger partial charge in [0.25, 0.3) is 0 Å². The standard InChI is InChI=1S/C11H10FNO3S/c1-2-16-9-5-6-10(17(12,14)15)11-8(9)4-3-7-13-11/h3-7H,2H2,1H3. The molecule has 0 aliphatic heterocycles. The lowest BCUT2D eigenvalue weighted by Gasteiger charge is -2.08. The van der Waals surface area contributed by atoms with E-state index in [4.69, 9.17) is 4.74 Å². The van der Waals surface area contributed by atoms with Crippen molar-refractivity contribution < 1.29 is 17.0 Å². The van der Waals surface area contributed by atoms with Crippen molar-refractivity contribution >= 4 is 21.1 Å². The van der Waals surface area contributed by atoms with Crippen molar-refractivity contribution in [3.05, 3.63) is 30.5 Å². The molecule has 0 fully saturated rings. The molecule has 1 aromatic carbocycles. The first-order valence-electron chi connectivity index (χ1n) is 4.99. The Labute approximate surface area is 98.3 Å². The van der Waals surface area contributed by atoms with E-state index >= 15 is 0 Å². The first-order valence-corrected chi connectivity index (χ1v) is 6.37. The molecule has 2 aromatic rings. The number of rotatable bonds is 3. The second-order valence-corrected chi connectivity index (χ2v) is 4.65. The molecule has 0 amide bonds. The fraction of sp³-hybridized carbons (Fsp3) is 0.182. The predicted octanol–water partition coefficient (Wildman–Crippen LogP) is 2.29. The predicted molar refractivity (Wildman–Crippen MR) is 61.2 cm³/mol. The largest absolute Gasteiger partial charge is 0.493 e. The van der Waals surface area contributed by atoms with E-state index in [9.17, 15) is 12.3 Å². The van der Waals surface area contributed by atoms with Crippen LogP contribution in [0.25, 0.3) is 10.9 Å². The highest BCUT2D eigenvalue weighted by atomic mass is 32.3. The second kappa shape index (κ2) is 4.29. The van der Waals surface area contributed by atoms with Crippen molar-refractivity contribution in [2.75, 3.05) is 6.61 Å². The van der Waals surface area contributed by atoms with Crippen molar-refractivity contribution in [1.29, 1.82) is 0 Å². The van der Waals surface area contributed by atoms with E-state index in [-0.39, 0.29) is 5.52 Å². The highest BCUT2D eigenvalue weighted by molar-refractivity contribution is 7.86. The third-order valence-corrected chi connectivity index (χ3v) is 3.11. The summed E-state index contributed by atoms with van der Waals surface area (Å²) in [5, 5.41) is 0.480. The highest BCUT2D eigenvalue weighted by Crippen LogP contribution is 2.30. The number of hydrogen-bond acceptors (Lipinski definition) is 4. The van der Waals surface area contributed by atoms with Crippen molar-refractivity contribution in [3.8, 4) is 5.75 Å². The van der Waals surface area contributed by atoms with Crippen LogP contribution in [0.15, 0.2) is 35.4 Å². The highest BCUT2D eigenvalue weighted by Gasteiger charge is 2.18. The summed E-state index contributed by atoms with van der Waals surface area (Å²) in [6, 6.07) is 5.87. The summed E-state index contributed by atoms with van der Waals surface area (Å²) in [6.45, 7) is 2.24. The molecule has 0 radical (unpaired) electrons. The van der Waals surface area contributed by atoms with Crippen LogP contribution in [-0.2, 0) is 10.2 Å². The minimum absolute atomic E-state index is 0.0842. The van der Waals surface area contributed by atoms with Gasteiger partial charge in [0.05, 0.1) is 12.1 Å². The summed E-state index contributed by atoms with van der Waals surface area (Å²) in [7, 11) is -4.78. The molecule has 0 aliphatic rings. The van der Waals surface area contributed by atoms with E-state index < -0.39 is 15.1 Å². The second-order valence-electron chi connectivity index (χ2n) is 3.33. The average molecular weight is 255 g/mol. The van der Waals surface area contributed by atoms with E-state index in [1.165, 1.54) is 12.3 Å². The first-order chi connectivity index (χ1) is 8.04. The Bertz CT molecular complexity index is 655. The zero-order chi connectivity index (χ0) is 12.5. The van der Waals surface area contributed by atoms with E-state index in [1.54, 1.807) is 12.1 Å². The molecule has 0 N–H and O–H groups in total. The van der Waals surface area contributed by atoms with Gasteiger partial charge in [0.1, 0.15) is 10.6 Å². The molecular formula is C11H10FNO3S. The molecule has 2 rings (SSSR count). The summed E-state index contributed by atoms with van der Waals surface area (Å²) in [6.07, 6.45) is 1.41. The van der Waals surface area contributed by atoms with E-state index in [0.29, 0.717) is 17.7 Å². The van der Waals surface area contributed by atoms with Gasteiger partial charge in [-0.2, -0.15) is 8.42 Å². The van der Waals surface area contributed by atoms with Crippen LogP contribution in [0.4, 0.5) is 3.89 Å². The third kappa shape index (κ3) is 2.21. The number of nitrogens with zero attached hydrogens (tertiary/aromatic N) is 1. The molecule has 0 saturated carbocycles. The van der Waals surface area contributed by atoms with Gasteiger partial charge < -0.3 is 4.74 Å². The number of pyridine rings is 1. The van der Waals surface area contributed by atoms with Gasteiger partial charge in [0, 0.05) is 11.6 Å². The SMILES string of the molecule is CCOc1ccc(S(=O)(=O)F)c2ncccc12. The van der Waals surface area contributed by atoms with Gasteiger partial charge in [-0.05, 0) is 31.2 Å². The zero-order valence-corrected chi connectivity index (χ0v) is 9.87. The van der Waals surface area contributed by atoms with Crippen LogP contribution in [0.3, 0.4) is 0 Å². The van der Waals surface area contributed by atoms with Crippen LogP contribution in [0.5, 0.6) is 5.75 Å². The number of aromatic nitrogens is 1. The van der Waals surface area contributed by atoms with Crippen LogP contribution < -0.4 is 4.74 Å². The fourth-order valence-corrected chi connectivity index (χ4v) is 2.22. The maximum atomic E-state index is 13.1. The summed E-state index contributed by atoms with van der Waals surface area (Å²) in [4.78, 5) is 3.46. The monoisotopic (exact) mass is 255 g/mol. The maximum Gasteiger partial charge on any atom is 0.334 e. The van der Waals surface area contributed by atoms with Gasteiger partial charge in [-0.1, -0.05) is 0 Å². The Morgan fingerprint density at radius 1 is 1.35 bits per heavy atom. The molecule has 1 heterocycles. The summed E-state index contributed by atoms with van der Waals surface area (Å²) in [5.74, 6) is 0.489. The number of benzene rings is 1. The first kappa shape index (κ1) is 11.8. The lowest BCUT2D eigenvalue weighted by Crippen LogP contribution is -1.98. The Kier molecular flexibility index (Phi) is 2.97. The molecule has 17 heavy (non-hydrogen) atoms. The average Bonchev–Trinajstić information content (AvgIpc) is 2.28. The Morgan fingerprint density at radius 2 is 2.12 bits per heavy atom. The number of halogens is 1. The van der Waals surface area contributed by atoms with E-state index in [0.717, 1.165) is 6.07 Å². The molecular weight excluding hydrogens is 245 g/mol. The van der Waals surface area contributed by atoms with Crippen molar-refractivity contribution in [1.82, 2.24) is 4.98 Å². The summed E-state index contributed by atoms with van der Waals surface area (Å²) >= 11 is 0. The zero-order valence-electron chi connectivity index (χ0n) is 9.05. The smallest absolute Gasteiger partial charge is 0.334 e. The number of ether oxygens (including phenoxy) is 1. The molecule has 6 heteroatoms. The lowest BCUT2D eigenvalue weighted by molar-refractivity contribution is 0.344. The number of fused-ring (bicyclic) bond motifs is 1. The van der Waals surface area contributed by atoms with Crippen LogP contribution >= 0.6 is 0 Å². The molecule has 0 saturated heterocycles. The van der Waals surface area contributed by atoms with Crippen LogP contribution in [0.1, 0.15) is 6.92 Å². The van der Waals surface area contributed by atoms with E-state index in [1.807, 2.05) is 6.92 Å². The minimum Gasteiger partial charge on any atom is -0.493 e. The molecule has 0 aliphatic carbocycles. The van der Waals surface area contributed by atoms with E-state index in [2.05, 4.69) is 4.98 Å². The van der Waals surface area contributed by atoms with Gasteiger partial charge >= 0.3 is 10.2 Å². The Morgan fingerprint density at radius 3 is 2.76 bits per heavy atom. The van der Waals surface area contributed by atoms with Crippen LogP contribution in [0, 0.1) is 0 Å². The fourth-order valence-electron chi connectivity index (χ4n) is 1.60. The third-order valence-electron chi connectivity index (χ3n) is 2.26. The number of hydrogen-bond donors (Lipinski definition) is 0. The summed E-state index contributed by atoms with van der Waals surface area (Å²) in [5.41, 5.74) is 0.0842. The topological polar surface area (TPSA) is 56.3 Å². The normalized spacial score (nSPS) is 11.6. The van der Waals surface area contributed by atoms with Gasteiger partial charge in [-0.3, -0.25) is 4.98 Å². The van der Waals surface area contributed by atoms with Crippen molar-refractivity contribution in [2.45, 2.75) is 11.8 Å². The summed E-state index contributed by atoms with van der Waals surface area (Å²) < 4.78 is 40.3. The maximum absolute atomic E-state index is 13.1. The Hall–Kier alpha value is -1.69. The molecule has 0 bridgehead atoms. The molecule has 90 valence electrons. The quantitative estimate of drug-likeness (QED) is 0.789. The van der Waals surface area contributed by atoms with Crippen LogP contribution in [-0.4, -0.2) is 20.0 Å². The molecule has 0 atom stereocenters. The lowest BCUT2D eigenvalue weighted by atomic mass is 10.2. The molecule has 0 unspecified atom stereocenters. The van der Waals surface area contributed by atoms with Gasteiger partial charge in [0.2, 0.25) is 0 Å². The molecule has 0 spiro atoms. The molecule has 1 aromatic heterocycles. The molecule has 4 nitrogen and oxygen atoms in total. The Balaban J connectivity index is 2.80. The van der Waals surface area contributed by atoms with Crippen LogP contribution in [0.2, 0.25) is 0 Å². The minimum atomic E-state index is -4.78. The van der Waals surface area contributed by atoms with Gasteiger partial charge in [-0.25, -0.2) is 0 Å².